The lowest BCUT2D eigenvalue weighted by Gasteiger charge is -2.12. The second-order valence-electron chi connectivity index (χ2n) is 3.65. The molecular formula is C9H14BrN5S. The fourth-order valence-corrected chi connectivity index (χ4v) is 3.16. The fourth-order valence-electron chi connectivity index (χ4n) is 1.55. The molecule has 1 unspecified atom stereocenters. The Kier molecular flexibility index (Phi) is 4.25. The molecule has 0 aliphatic carbocycles. The van der Waals surface area contributed by atoms with Crippen molar-refractivity contribution in [2.24, 2.45) is 11.8 Å². The van der Waals surface area contributed by atoms with Crippen LogP contribution in [0.5, 0.6) is 0 Å². The smallest absolute Gasteiger partial charge is 0.239 e. The molecule has 2 rings (SSSR count). The molecule has 1 atom stereocenters. The highest BCUT2D eigenvalue weighted by Crippen LogP contribution is 2.25. The highest BCUT2D eigenvalue weighted by Gasteiger charge is 2.15. The summed E-state index contributed by atoms with van der Waals surface area (Å²) in [6, 6.07) is 0. The van der Waals surface area contributed by atoms with Crippen molar-refractivity contribution in [2.75, 3.05) is 28.8 Å². The zero-order valence-corrected chi connectivity index (χ0v) is 11.1. The average molecular weight is 304 g/mol. The number of nitrogens with two attached hydrogens (primary N) is 1. The van der Waals surface area contributed by atoms with E-state index >= 15 is 0 Å². The van der Waals surface area contributed by atoms with Crippen LogP contribution in [0.25, 0.3) is 0 Å². The zero-order chi connectivity index (χ0) is 11.4. The maximum atomic E-state index is 5.27. The Morgan fingerprint density at radius 1 is 1.62 bits per heavy atom. The summed E-state index contributed by atoms with van der Waals surface area (Å²) in [7, 11) is 0. The molecule has 0 saturated carbocycles. The molecule has 0 bridgehead atoms. The standard InChI is InChI=1S/C9H14BrN5S/c10-7-4-13-9(15-11)14-8(7)12-3-6-1-2-16-5-6/h4,6H,1-3,5,11H2,(H2,12,13,14,15). The first-order chi connectivity index (χ1) is 7.79. The second-order valence-corrected chi connectivity index (χ2v) is 5.65. The molecule has 0 radical (unpaired) electrons. The van der Waals surface area contributed by atoms with E-state index in [0.717, 1.165) is 22.8 Å². The topological polar surface area (TPSA) is 75.9 Å². The number of nitrogens with zero attached hydrogens (tertiary/aromatic N) is 2. The first-order valence-electron chi connectivity index (χ1n) is 5.10. The van der Waals surface area contributed by atoms with Gasteiger partial charge in [0.15, 0.2) is 0 Å². The Morgan fingerprint density at radius 2 is 2.50 bits per heavy atom. The van der Waals surface area contributed by atoms with Gasteiger partial charge in [-0.3, -0.25) is 5.43 Å². The summed E-state index contributed by atoms with van der Waals surface area (Å²) in [4.78, 5) is 8.24. The van der Waals surface area contributed by atoms with Gasteiger partial charge in [-0.1, -0.05) is 0 Å². The minimum absolute atomic E-state index is 0.423. The van der Waals surface area contributed by atoms with E-state index in [9.17, 15) is 0 Å². The summed E-state index contributed by atoms with van der Waals surface area (Å²) in [5, 5.41) is 3.32. The van der Waals surface area contributed by atoms with E-state index in [1.54, 1.807) is 6.20 Å². The molecule has 1 aliphatic heterocycles. The van der Waals surface area contributed by atoms with E-state index in [-0.39, 0.29) is 0 Å². The lowest BCUT2D eigenvalue weighted by molar-refractivity contribution is 0.630. The van der Waals surface area contributed by atoms with Gasteiger partial charge in [0.2, 0.25) is 5.95 Å². The SMILES string of the molecule is NNc1ncc(Br)c(NCC2CCSC2)n1. The van der Waals surface area contributed by atoms with Crippen LogP contribution in [0.15, 0.2) is 10.7 Å². The van der Waals surface area contributed by atoms with Gasteiger partial charge in [0.25, 0.3) is 0 Å². The van der Waals surface area contributed by atoms with E-state index in [1.165, 1.54) is 17.9 Å². The van der Waals surface area contributed by atoms with Gasteiger partial charge in [-0.25, -0.2) is 10.8 Å². The third-order valence-electron chi connectivity index (χ3n) is 2.46. The van der Waals surface area contributed by atoms with E-state index in [1.807, 2.05) is 11.8 Å². The molecule has 7 heteroatoms. The van der Waals surface area contributed by atoms with Crippen LogP contribution < -0.4 is 16.6 Å². The van der Waals surface area contributed by atoms with Crippen molar-refractivity contribution in [2.45, 2.75) is 6.42 Å². The third kappa shape index (κ3) is 2.99. The Bertz CT molecular complexity index is 356. The predicted octanol–water partition coefficient (Wildman–Crippen LogP) is 1.69. The molecule has 1 aromatic rings. The average Bonchev–Trinajstić information content (AvgIpc) is 2.81. The van der Waals surface area contributed by atoms with Gasteiger partial charge < -0.3 is 5.32 Å². The molecular weight excluding hydrogens is 290 g/mol. The van der Waals surface area contributed by atoms with Gasteiger partial charge in [0, 0.05) is 12.7 Å². The lowest BCUT2D eigenvalue weighted by Crippen LogP contribution is -2.16. The quantitative estimate of drug-likeness (QED) is 0.580. The van der Waals surface area contributed by atoms with Crippen LogP contribution in [0, 0.1) is 5.92 Å². The van der Waals surface area contributed by atoms with Gasteiger partial charge in [-0.15, -0.1) is 0 Å². The van der Waals surface area contributed by atoms with Crippen LogP contribution in [0.1, 0.15) is 6.42 Å². The number of nitrogens with one attached hydrogen (secondary N) is 2. The van der Waals surface area contributed by atoms with Crippen LogP contribution in [0.3, 0.4) is 0 Å². The number of aromatic nitrogens is 2. The third-order valence-corrected chi connectivity index (χ3v) is 4.27. The van der Waals surface area contributed by atoms with Crippen LogP contribution in [-0.4, -0.2) is 28.0 Å². The number of hydrogen-bond donors (Lipinski definition) is 3. The lowest BCUT2D eigenvalue weighted by atomic mass is 10.1. The van der Waals surface area contributed by atoms with Gasteiger partial charge in [0.1, 0.15) is 5.82 Å². The second kappa shape index (κ2) is 5.70. The number of anilines is 2. The molecule has 1 aromatic heterocycles. The van der Waals surface area contributed by atoms with Crippen molar-refractivity contribution in [3.63, 3.8) is 0 Å². The highest BCUT2D eigenvalue weighted by atomic mass is 79.9. The normalized spacial score (nSPS) is 19.8. The van der Waals surface area contributed by atoms with E-state index in [2.05, 4.69) is 36.6 Å². The molecule has 88 valence electrons. The molecule has 16 heavy (non-hydrogen) atoms. The van der Waals surface area contributed by atoms with E-state index < -0.39 is 0 Å². The van der Waals surface area contributed by atoms with Crippen LogP contribution in [-0.2, 0) is 0 Å². The molecule has 2 heterocycles. The van der Waals surface area contributed by atoms with Crippen molar-refractivity contribution < 1.29 is 0 Å². The van der Waals surface area contributed by atoms with Gasteiger partial charge in [-0.05, 0) is 39.8 Å². The van der Waals surface area contributed by atoms with Crippen LogP contribution in [0.2, 0.25) is 0 Å². The maximum Gasteiger partial charge on any atom is 0.239 e. The Balaban J connectivity index is 1.96. The summed E-state index contributed by atoms with van der Waals surface area (Å²) >= 11 is 5.42. The summed E-state index contributed by atoms with van der Waals surface area (Å²) in [6.07, 6.45) is 2.97. The monoisotopic (exact) mass is 303 g/mol. The minimum Gasteiger partial charge on any atom is -0.369 e. The summed E-state index contributed by atoms with van der Waals surface area (Å²) in [5.74, 6) is 9.72. The van der Waals surface area contributed by atoms with Gasteiger partial charge >= 0.3 is 0 Å². The number of hydrogen-bond acceptors (Lipinski definition) is 6. The molecule has 0 amide bonds. The Morgan fingerprint density at radius 3 is 3.19 bits per heavy atom. The van der Waals surface area contributed by atoms with Crippen molar-refractivity contribution in [3.8, 4) is 0 Å². The van der Waals surface area contributed by atoms with Crippen molar-refractivity contribution in [3.05, 3.63) is 10.7 Å². The summed E-state index contributed by atoms with van der Waals surface area (Å²) in [6.45, 7) is 0.951. The largest absolute Gasteiger partial charge is 0.369 e. The minimum atomic E-state index is 0.423. The molecule has 0 spiro atoms. The van der Waals surface area contributed by atoms with Gasteiger partial charge in [-0.2, -0.15) is 16.7 Å². The predicted molar refractivity (Wildman–Crippen MR) is 71.5 cm³/mol. The summed E-state index contributed by atoms with van der Waals surface area (Å²) in [5.41, 5.74) is 2.44. The van der Waals surface area contributed by atoms with Crippen molar-refractivity contribution >= 4 is 39.5 Å². The van der Waals surface area contributed by atoms with E-state index in [4.69, 9.17) is 5.84 Å². The molecule has 1 aliphatic rings. The van der Waals surface area contributed by atoms with E-state index in [0.29, 0.717) is 5.95 Å². The summed E-state index contributed by atoms with van der Waals surface area (Å²) < 4.78 is 0.858. The molecule has 4 N–H and O–H groups in total. The number of halogens is 1. The van der Waals surface area contributed by atoms with Crippen LogP contribution in [0.4, 0.5) is 11.8 Å². The van der Waals surface area contributed by atoms with Crippen molar-refractivity contribution in [1.82, 2.24) is 9.97 Å². The Hall–Kier alpha value is -0.530. The molecule has 1 saturated heterocycles. The number of nitrogen functional groups attached to an aromatic ring is 1. The van der Waals surface area contributed by atoms with Gasteiger partial charge in [0.05, 0.1) is 4.47 Å². The Labute approximate surface area is 107 Å². The fraction of sp³-hybridized carbons (Fsp3) is 0.556. The first kappa shape index (κ1) is 11.9. The van der Waals surface area contributed by atoms with Crippen LogP contribution >= 0.6 is 27.7 Å². The number of rotatable bonds is 4. The number of hydrazine groups is 1. The maximum absolute atomic E-state index is 5.27. The molecule has 1 fully saturated rings. The number of thioether (sulfide) groups is 1. The highest BCUT2D eigenvalue weighted by molar-refractivity contribution is 9.10. The zero-order valence-electron chi connectivity index (χ0n) is 8.74. The molecule has 0 aromatic carbocycles. The van der Waals surface area contributed by atoms with Crippen molar-refractivity contribution in [1.29, 1.82) is 0 Å². The molecule has 5 nitrogen and oxygen atoms in total. The first-order valence-corrected chi connectivity index (χ1v) is 7.05.